The van der Waals surface area contributed by atoms with Crippen molar-refractivity contribution in [1.82, 2.24) is 9.55 Å². The molecule has 0 aliphatic heterocycles. The summed E-state index contributed by atoms with van der Waals surface area (Å²) in [7, 11) is 0. The maximum atomic E-state index is 12.9. The minimum absolute atomic E-state index is 0.119. The normalized spacial score (nSPS) is 18.4. The van der Waals surface area contributed by atoms with Crippen LogP contribution >= 0.6 is 11.3 Å². The minimum Gasteiger partial charge on any atom is -0.464 e. The van der Waals surface area contributed by atoms with E-state index >= 15 is 0 Å². The summed E-state index contributed by atoms with van der Waals surface area (Å²) in [5, 5.41) is 0.706. The van der Waals surface area contributed by atoms with Crippen molar-refractivity contribution < 1.29 is 9.53 Å². The van der Waals surface area contributed by atoms with Crippen molar-refractivity contribution in [1.29, 1.82) is 0 Å². The monoisotopic (exact) mass is 348 g/mol. The zero-order valence-electron chi connectivity index (χ0n) is 14.5. The van der Waals surface area contributed by atoms with Crippen LogP contribution in [0.2, 0.25) is 0 Å². The molecular weight excluding hydrogens is 324 g/mol. The van der Waals surface area contributed by atoms with Crippen LogP contribution in [0, 0.1) is 5.92 Å². The van der Waals surface area contributed by atoms with Crippen LogP contribution in [0.4, 0.5) is 0 Å². The summed E-state index contributed by atoms with van der Waals surface area (Å²) in [5.41, 5.74) is 1.03. The van der Waals surface area contributed by atoms with Gasteiger partial charge in [0.05, 0.1) is 18.3 Å². The minimum atomic E-state index is -0.649. The Bertz CT molecular complexity index is 808. The second kappa shape index (κ2) is 7.05. The first kappa shape index (κ1) is 17.1. The Labute approximate surface area is 145 Å². The van der Waals surface area contributed by atoms with Crippen LogP contribution < -0.4 is 5.56 Å². The van der Waals surface area contributed by atoms with Crippen molar-refractivity contribution >= 4 is 27.5 Å². The van der Waals surface area contributed by atoms with Gasteiger partial charge in [-0.25, -0.2) is 9.78 Å². The van der Waals surface area contributed by atoms with E-state index in [9.17, 15) is 9.59 Å². The number of unbranched alkanes of at least 4 members (excludes halogenated alkanes) is 1. The van der Waals surface area contributed by atoms with Gasteiger partial charge in [0.1, 0.15) is 10.9 Å². The van der Waals surface area contributed by atoms with Crippen LogP contribution in [0.5, 0.6) is 0 Å². The average Bonchev–Trinajstić information content (AvgIpc) is 2.92. The maximum Gasteiger partial charge on any atom is 0.328 e. The summed E-state index contributed by atoms with van der Waals surface area (Å²) in [5.74, 6) is 0.282. The largest absolute Gasteiger partial charge is 0.464 e. The number of nitrogens with zero attached hydrogens (tertiary/aromatic N) is 2. The van der Waals surface area contributed by atoms with Crippen molar-refractivity contribution in [3.05, 3.63) is 27.1 Å². The Morgan fingerprint density at radius 1 is 1.54 bits per heavy atom. The fourth-order valence-electron chi connectivity index (χ4n) is 3.17. The second-order valence-corrected chi connectivity index (χ2v) is 7.77. The van der Waals surface area contributed by atoms with E-state index in [1.54, 1.807) is 18.3 Å². The third-order valence-corrected chi connectivity index (χ3v) is 5.90. The number of thiophene rings is 1. The topological polar surface area (TPSA) is 61.2 Å². The number of hydrogen-bond acceptors (Lipinski definition) is 5. The molecule has 1 aliphatic rings. The molecule has 0 bridgehead atoms. The van der Waals surface area contributed by atoms with E-state index < -0.39 is 6.04 Å². The second-order valence-electron chi connectivity index (χ2n) is 6.69. The molecule has 2 unspecified atom stereocenters. The summed E-state index contributed by atoms with van der Waals surface area (Å²) in [6.07, 6.45) is 6.33. The molecule has 0 fully saturated rings. The first-order valence-electron chi connectivity index (χ1n) is 8.71. The van der Waals surface area contributed by atoms with Crippen LogP contribution in [-0.2, 0) is 22.4 Å². The van der Waals surface area contributed by atoms with E-state index in [0.29, 0.717) is 17.9 Å². The number of ether oxygens (including phenoxy) is 1. The fraction of sp³-hybridized carbons (Fsp3) is 0.611. The van der Waals surface area contributed by atoms with E-state index in [1.807, 2.05) is 6.92 Å². The molecule has 0 saturated carbocycles. The number of hydrogen-bond donors (Lipinski definition) is 0. The lowest BCUT2D eigenvalue weighted by molar-refractivity contribution is -0.147. The first-order valence-corrected chi connectivity index (χ1v) is 9.52. The molecule has 0 aromatic carbocycles. The SMILES string of the molecule is CCCCOC(=O)C(C)n1cnc2sc3c(c2c1=O)CCC(C)C3. The van der Waals surface area contributed by atoms with E-state index in [2.05, 4.69) is 11.9 Å². The van der Waals surface area contributed by atoms with Crippen LogP contribution in [-0.4, -0.2) is 22.1 Å². The molecule has 130 valence electrons. The van der Waals surface area contributed by atoms with Gasteiger partial charge in [-0.3, -0.25) is 9.36 Å². The zero-order chi connectivity index (χ0) is 17.3. The quantitative estimate of drug-likeness (QED) is 0.613. The van der Waals surface area contributed by atoms with Gasteiger partial charge < -0.3 is 4.74 Å². The number of carbonyl (C=O) groups is 1. The fourth-order valence-corrected chi connectivity index (χ4v) is 4.51. The van der Waals surface area contributed by atoms with Crippen molar-refractivity contribution in [3.63, 3.8) is 0 Å². The predicted molar refractivity (Wildman–Crippen MR) is 95.6 cm³/mol. The van der Waals surface area contributed by atoms with Gasteiger partial charge in [0.15, 0.2) is 0 Å². The summed E-state index contributed by atoms with van der Waals surface area (Å²) < 4.78 is 6.67. The lowest BCUT2D eigenvalue weighted by Crippen LogP contribution is -2.30. The Morgan fingerprint density at radius 3 is 3.08 bits per heavy atom. The van der Waals surface area contributed by atoms with E-state index in [0.717, 1.165) is 42.5 Å². The molecular formula is C18H24N2O3S. The highest BCUT2D eigenvalue weighted by atomic mass is 32.1. The number of fused-ring (bicyclic) bond motifs is 3. The summed E-state index contributed by atoms with van der Waals surface area (Å²) >= 11 is 1.62. The smallest absolute Gasteiger partial charge is 0.328 e. The van der Waals surface area contributed by atoms with Gasteiger partial charge >= 0.3 is 5.97 Å². The average molecular weight is 348 g/mol. The number of aryl methyl sites for hydroxylation is 1. The Balaban J connectivity index is 1.94. The van der Waals surface area contributed by atoms with Gasteiger partial charge in [-0.05, 0) is 44.1 Å². The molecule has 6 heteroatoms. The Hall–Kier alpha value is -1.69. The maximum absolute atomic E-state index is 12.9. The van der Waals surface area contributed by atoms with Crippen molar-refractivity contribution in [2.45, 2.75) is 58.9 Å². The molecule has 2 heterocycles. The molecule has 2 aromatic rings. The van der Waals surface area contributed by atoms with Crippen LogP contribution in [0.3, 0.4) is 0 Å². The highest BCUT2D eigenvalue weighted by Crippen LogP contribution is 2.35. The predicted octanol–water partition coefficient (Wildman–Crippen LogP) is 3.49. The molecule has 1 aliphatic carbocycles. The van der Waals surface area contributed by atoms with Crippen molar-refractivity contribution in [3.8, 4) is 0 Å². The zero-order valence-corrected chi connectivity index (χ0v) is 15.3. The molecule has 2 atom stereocenters. The van der Waals surface area contributed by atoms with Crippen molar-refractivity contribution in [2.24, 2.45) is 5.92 Å². The molecule has 0 saturated heterocycles. The van der Waals surface area contributed by atoms with E-state index in [-0.39, 0.29) is 11.5 Å². The number of rotatable bonds is 5. The van der Waals surface area contributed by atoms with Gasteiger partial charge in [0.25, 0.3) is 5.56 Å². The Morgan fingerprint density at radius 2 is 2.33 bits per heavy atom. The number of aromatic nitrogens is 2. The highest BCUT2D eigenvalue weighted by molar-refractivity contribution is 7.18. The third kappa shape index (κ3) is 3.11. The third-order valence-electron chi connectivity index (χ3n) is 4.74. The molecule has 0 amide bonds. The summed E-state index contributed by atoms with van der Waals surface area (Å²) in [6, 6.07) is -0.649. The molecule has 0 spiro atoms. The summed E-state index contributed by atoms with van der Waals surface area (Å²) in [4.78, 5) is 31.6. The van der Waals surface area contributed by atoms with Crippen LogP contribution in [0.1, 0.15) is 56.5 Å². The molecule has 5 nitrogen and oxygen atoms in total. The molecule has 24 heavy (non-hydrogen) atoms. The van der Waals surface area contributed by atoms with Crippen LogP contribution in [0.25, 0.3) is 10.2 Å². The lowest BCUT2D eigenvalue weighted by atomic mass is 9.89. The van der Waals surface area contributed by atoms with Gasteiger partial charge in [0.2, 0.25) is 0 Å². The highest BCUT2D eigenvalue weighted by Gasteiger charge is 2.25. The number of esters is 1. The van der Waals surface area contributed by atoms with E-state index in [1.165, 1.54) is 15.8 Å². The standard InChI is InChI=1S/C18H24N2O3S/c1-4-5-8-23-18(22)12(3)20-10-19-16-15(17(20)21)13-7-6-11(2)9-14(13)24-16/h10-12H,4-9H2,1-3H3. The first-order chi connectivity index (χ1) is 11.5. The van der Waals surface area contributed by atoms with Gasteiger partial charge in [-0.15, -0.1) is 11.3 Å². The van der Waals surface area contributed by atoms with Gasteiger partial charge in [-0.2, -0.15) is 0 Å². The van der Waals surface area contributed by atoms with Crippen molar-refractivity contribution in [2.75, 3.05) is 6.61 Å². The van der Waals surface area contributed by atoms with Gasteiger partial charge in [0, 0.05) is 4.88 Å². The van der Waals surface area contributed by atoms with Gasteiger partial charge in [-0.1, -0.05) is 20.3 Å². The van der Waals surface area contributed by atoms with E-state index in [4.69, 9.17) is 4.74 Å². The summed E-state index contributed by atoms with van der Waals surface area (Å²) in [6.45, 7) is 6.38. The molecule has 3 rings (SSSR count). The van der Waals surface area contributed by atoms with Crippen LogP contribution in [0.15, 0.2) is 11.1 Å². The lowest BCUT2D eigenvalue weighted by Gasteiger charge is -2.18. The molecule has 0 radical (unpaired) electrons. The Kier molecular flexibility index (Phi) is 5.04. The molecule has 2 aromatic heterocycles. The number of carbonyl (C=O) groups excluding carboxylic acids is 1. The molecule has 0 N–H and O–H groups in total.